The Balaban J connectivity index is 1.66. The van der Waals surface area contributed by atoms with Gasteiger partial charge in [0, 0.05) is 29.1 Å². The molecule has 1 saturated carbocycles. The highest BCUT2D eigenvalue weighted by molar-refractivity contribution is 5.92. The molecule has 1 fully saturated rings. The molecule has 1 heterocycles. The van der Waals surface area contributed by atoms with Crippen molar-refractivity contribution in [3.05, 3.63) is 47.3 Å². The van der Waals surface area contributed by atoms with Crippen molar-refractivity contribution in [3.63, 3.8) is 0 Å². The number of nitrogens with zero attached hydrogens (tertiary/aromatic N) is 3. The number of hydrogen-bond donors (Lipinski definition) is 2. The van der Waals surface area contributed by atoms with Gasteiger partial charge in [0.25, 0.3) is 0 Å². The molecule has 7 nitrogen and oxygen atoms in total. The topological polar surface area (TPSA) is 85.5 Å². The number of ether oxygens (including phenoxy) is 2. The first-order valence-electron chi connectivity index (χ1n) is 11.8. The molecule has 10 heteroatoms. The zero-order valence-corrected chi connectivity index (χ0v) is 21.2. The predicted molar refractivity (Wildman–Crippen MR) is 134 cm³/mol. The largest absolute Gasteiger partial charge is 0.493 e. The van der Waals surface area contributed by atoms with Crippen LogP contribution < -0.4 is 20.5 Å². The summed E-state index contributed by atoms with van der Waals surface area (Å²) in [6.45, 7) is 5.02. The molecular weight excluding hydrogens is 471 g/mol. The van der Waals surface area contributed by atoms with Gasteiger partial charge in [-0.1, -0.05) is 0 Å². The predicted octanol–water partition coefficient (Wildman–Crippen LogP) is 5.44. The third-order valence-electron chi connectivity index (χ3n) is 6.39. The molecule has 1 aliphatic carbocycles. The molecule has 0 aliphatic heterocycles. The van der Waals surface area contributed by atoms with Crippen LogP contribution in [0.15, 0.2) is 30.3 Å². The fourth-order valence-electron chi connectivity index (χ4n) is 4.44. The minimum absolute atomic E-state index is 0.0457. The summed E-state index contributed by atoms with van der Waals surface area (Å²) in [6.07, 6.45) is -2.28. The van der Waals surface area contributed by atoms with Crippen molar-refractivity contribution >= 4 is 22.4 Å². The van der Waals surface area contributed by atoms with E-state index in [0.29, 0.717) is 46.2 Å². The minimum atomic E-state index is -4.49. The lowest BCUT2D eigenvalue weighted by atomic mass is 10.0. The van der Waals surface area contributed by atoms with Crippen LogP contribution in [0.4, 0.5) is 24.7 Å². The van der Waals surface area contributed by atoms with E-state index in [-0.39, 0.29) is 11.1 Å². The SMILES string of the molecule is COc1cc2nc(C)nc(NC(C)c3cc(N)cc(C(F)(F)F)c3)c2cc1OCC1(CN(C)C)CC1. The van der Waals surface area contributed by atoms with Gasteiger partial charge < -0.3 is 25.4 Å². The molecule has 1 unspecified atom stereocenters. The van der Waals surface area contributed by atoms with Crippen molar-refractivity contribution in [3.8, 4) is 11.5 Å². The van der Waals surface area contributed by atoms with E-state index in [9.17, 15) is 13.2 Å². The number of nitrogens with two attached hydrogens (primary N) is 1. The average molecular weight is 504 g/mol. The Morgan fingerprint density at radius 3 is 2.44 bits per heavy atom. The Labute approximate surface area is 208 Å². The van der Waals surface area contributed by atoms with E-state index in [1.807, 2.05) is 20.2 Å². The first-order valence-corrected chi connectivity index (χ1v) is 11.8. The van der Waals surface area contributed by atoms with Crippen LogP contribution in [-0.2, 0) is 6.18 Å². The normalized spacial score (nSPS) is 15.7. The number of rotatable bonds is 9. The summed E-state index contributed by atoms with van der Waals surface area (Å²) < 4.78 is 51.8. The van der Waals surface area contributed by atoms with Crippen molar-refractivity contribution < 1.29 is 22.6 Å². The molecule has 0 saturated heterocycles. The van der Waals surface area contributed by atoms with Gasteiger partial charge in [0.2, 0.25) is 0 Å². The number of halogens is 3. The summed E-state index contributed by atoms with van der Waals surface area (Å²) in [4.78, 5) is 11.2. The number of nitrogen functional groups attached to an aromatic ring is 1. The standard InChI is InChI=1S/C26H32F3N5O2/c1-15(17-8-18(26(27,28)29)10-19(30)9-17)31-24-20-11-23(36-14-25(6-7-25)13-34(3)4)22(35-5)12-21(20)32-16(2)33-24/h8-12,15H,6-7,13-14,30H2,1-5H3,(H,31,32,33). The number of alkyl halides is 3. The van der Waals surface area contributed by atoms with Gasteiger partial charge in [-0.15, -0.1) is 0 Å². The van der Waals surface area contributed by atoms with Gasteiger partial charge in [-0.3, -0.25) is 0 Å². The second kappa shape index (κ2) is 9.65. The van der Waals surface area contributed by atoms with Crippen molar-refractivity contribution in [2.24, 2.45) is 5.41 Å². The molecule has 3 aromatic rings. The Hall–Kier alpha value is -3.27. The van der Waals surface area contributed by atoms with Gasteiger partial charge in [-0.25, -0.2) is 9.97 Å². The molecule has 4 rings (SSSR count). The van der Waals surface area contributed by atoms with E-state index in [1.54, 1.807) is 27.0 Å². The third kappa shape index (κ3) is 5.75. The van der Waals surface area contributed by atoms with Crippen LogP contribution in [0.3, 0.4) is 0 Å². The second-order valence-corrected chi connectivity index (χ2v) is 9.92. The highest BCUT2D eigenvalue weighted by Gasteiger charge is 2.44. The van der Waals surface area contributed by atoms with E-state index in [4.69, 9.17) is 15.2 Å². The quantitative estimate of drug-likeness (QED) is 0.376. The molecule has 0 spiro atoms. The van der Waals surface area contributed by atoms with Crippen LogP contribution >= 0.6 is 0 Å². The molecular formula is C26H32F3N5O2. The maximum absolute atomic E-state index is 13.3. The lowest BCUT2D eigenvalue weighted by Gasteiger charge is -2.22. The summed E-state index contributed by atoms with van der Waals surface area (Å²) in [5.41, 5.74) is 6.20. The number of aromatic nitrogens is 2. The minimum Gasteiger partial charge on any atom is -0.493 e. The Bertz CT molecular complexity index is 1260. The van der Waals surface area contributed by atoms with Crippen LogP contribution in [-0.4, -0.2) is 49.2 Å². The first kappa shape index (κ1) is 25.8. The summed E-state index contributed by atoms with van der Waals surface area (Å²) in [5, 5.41) is 3.93. The monoisotopic (exact) mass is 503 g/mol. The van der Waals surface area contributed by atoms with Crippen LogP contribution in [0.2, 0.25) is 0 Å². The molecule has 194 valence electrons. The molecule has 0 amide bonds. The van der Waals surface area contributed by atoms with Crippen LogP contribution in [0.1, 0.15) is 42.8 Å². The van der Waals surface area contributed by atoms with Gasteiger partial charge in [0.15, 0.2) is 11.5 Å². The third-order valence-corrected chi connectivity index (χ3v) is 6.39. The maximum atomic E-state index is 13.3. The van der Waals surface area contributed by atoms with E-state index < -0.39 is 17.8 Å². The second-order valence-electron chi connectivity index (χ2n) is 9.92. The number of nitrogens with one attached hydrogen (secondary N) is 1. The molecule has 0 radical (unpaired) electrons. The van der Waals surface area contributed by atoms with Crippen LogP contribution in [0.5, 0.6) is 11.5 Å². The number of benzene rings is 2. The Morgan fingerprint density at radius 1 is 1.11 bits per heavy atom. The lowest BCUT2D eigenvalue weighted by Crippen LogP contribution is -2.27. The summed E-state index contributed by atoms with van der Waals surface area (Å²) >= 11 is 0. The van der Waals surface area contributed by atoms with Crippen LogP contribution in [0.25, 0.3) is 10.9 Å². The van der Waals surface area contributed by atoms with Gasteiger partial charge >= 0.3 is 6.18 Å². The maximum Gasteiger partial charge on any atom is 0.416 e. The number of hydrogen-bond acceptors (Lipinski definition) is 7. The fraction of sp³-hybridized carbons (Fsp3) is 0.462. The van der Waals surface area contributed by atoms with E-state index in [2.05, 4.69) is 20.2 Å². The zero-order chi connectivity index (χ0) is 26.3. The van der Waals surface area contributed by atoms with Gasteiger partial charge in [-0.2, -0.15) is 13.2 Å². The number of aryl methyl sites for hydroxylation is 1. The van der Waals surface area contributed by atoms with E-state index in [1.165, 1.54) is 6.07 Å². The molecule has 1 atom stereocenters. The highest BCUT2D eigenvalue weighted by atomic mass is 19.4. The number of methoxy groups -OCH3 is 1. The van der Waals surface area contributed by atoms with Crippen molar-refractivity contribution in [2.75, 3.05) is 45.4 Å². The Morgan fingerprint density at radius 2 is 1.83 bits per heavy atom. The molecule has 1 aliphatic rings. The summed E-state index contributed by atoms with van der Waals surface area (Å²) in [7, 11) is 5.68. The molecule has 1 aromatic heterocycles. The zero-order valence-electron chi connectivity index (χ0n) is 21.2. The van der Waals surface area contributed by atoms with Crippen molar-refractivity contribution in [1.29, 1.82) is 0 Å². The van der Waals surface area contributed by atoms with Gasteiger partial charge in [0.1, 0.15) is 11.6 Å². The van der Waals surface area contributed by atoms with Crippen LogP contribution in [0, 0.1) is 12.3 Å². The molecule has 36 heavy (non-hydrogen) atoms. The summed E-state index contributed by atoms with van der Waals surface area (Å²) in [5.74, 6) is 2.13. The molecule has 3 N–H and O–H groups in total. The molecule has 0 bridgehead atoms. The fourth-order valence-corrected chi connectivity index (χ4v) is 4.44. The lowest BCUT2D eigenvalue weighted by molar-refractivity contribution is -0.137. The number of anilines is 2. The summed E-state index contributed by atoms with van der Waals surface area (Å²) in [6, 6.07) is 6.67. The van der Waals surface area contributed by atoms with Crippen molar-refractivity contribution in [2.45, 2.75) is 38.9 Å². The highest BCUT2D eigenvalue weighted by Crippen LogP contribution is 2.47. The van der Waals surface area contributed by atoms with Gasteiger partial charge in [0.05, 0.1) is 30.8 Å². The average Bonchev–Trinajstić information content (AvgIpc) is 3.54. The van der Waals surface area contributed by atoms with E-state index in [0.717, 1.165) is 31.5 Å². The van der Waals surface area contributed by atoms with E-state index >= 15 is 0 Å². The first-order chi connectivity index (χ1) is 16.9. The van der Waals surface area contributed by atoms with Crippen molar-refractivity contribution in [1.82, 2.24) is 14.9 Å². The number of fused-ring (bicyclic) bond motifs is 1. The molecule has 2 aromatic carbocycles. The Kier molecular flexibility index (Phi) is 6.92. The smallest absolute Gasteiger partial charge is 0.416 e. The van der Waals surface area contributed by atoms with Gasteiger partial charge in [-0.05, 0) is 70.6 Å².